The molecule has 0 atom stereocenters. The van der Waals surface area contributed by atoms with Gasteiger partial charge < -0.3 is 19.1 Å². The molecule has 0 aromatic heterocycles. The highest BCUT2D eigenvalue weighted by molar-refractivity contribution is 9.10. The van der Waals surface area contributed by atoms with Crippen LogP contribution >= 0.6 is 50.9 Å². The van der Waals surface area contributed by atoms with Crippen molar-refractivity contribution in [3.8, 4) is 11.5 Å². The lowest BCUT2D eigenvalue weighted by atomic mass is 10.1. The quantitative estimate of drug-likeness (QED) is 0.350. The van der Waals surface area contributed by atoms with E-state index in [4.69, 9.17) is 37.4 Å². The number of halogens is 3. The standard InChI is InChI=1S/C25H23BrCl2N2O6S/c1-2-35-20-10-16(17(26)12-21(20)36-14-15-3-4-18(27)19(28)9-15)11-22-24(32)30(25(33)37-22)13-23(31)29-5-7-34-8-6-29/h3-4,9-12H,2,5-8,13-14H2,1H3/b22-11+. The van der Waals surface area contributed by atoms with E-state index in [0.29, 0.717) is 64.5 Å². The minimum atomic E-state index is -0.513. The van der Waals surface area contributed by atoms with Crippen LogP contribution in [0.1, 0.15) is 18.1 Å². The first-order valence-electron chi connectivity index (χ1n) is 11.4. The largest absolute Gasteiger partial charge is 0.490 e. The Bertz CT molecular complexity index is 1250. The summed E-state index contributed by atoms with van der Waals surface area (Å²) >= 11 is 16.4. The molecule has 2 aliphatic heterocycles. The fourth-order valence-electron chi connectivity index (χ4n) is 3.66. The van der Waals surface area contributed by atoms with Crippen molar-refractivity contribution in [2.24, 2.45) is 0 Å². The van der Waals surface area contributed by atoms with E-state index in [1.54, 1.807) is 35.2 Å². The van der Waals surface area contributed by atoms with Crippen LogP contribution in [0.4, 0.5) is 4.79 Å². The second-order valence-electron chi connectivity index (χ2n) is 8.05. The van der Waals surface area contributed by atoms with E-state index in [9.17, 15) is 14.4 Å². The topological polar surface area (TPSA) is 85.4 Å². The average molecular weight is 630 g/mol. The van der Waals surface area contributed by atoms with Gasteiger partial charge in [-0.3, -0.25) is 19.3 Å². The summed E-state index contributed by atoms with van der Waals surface area (Å²) in [4.78, 5) is 40.8. The minimum Gasteiger partial charge on any atom is -0.490 e. The van der Waals surface area contributed by atoms with Gasteiger partial charge in [0.05, 0.1) is 34.8 Å². The molecular weight excluding hydrogens is 607 g/mol. The molecule has 4 rings (SSSR count). The number of carbonyl (C=O) groups is 3. The number of hydrogen-bond acceptors (Lipinski definition) is 7. The van der Waals surface area contributed by atoms with Crippen molar-refractivity contribution in [2.75, 3.05) is 39.5 Å². The molecule has 0 unspecified atom stereocenters. The molecular formula is C25H23BrCl2N2O6S. The molecule has 37 heavy (non-hydrogen) atoms. The first kappa shape index (κ1) is 27.8. The number of ether oxygens (including phenoxy) is 3. The van der Waals surface area contributed by atoms with Gasteiger partial charge >= 0.3 is 0 Å². The monoisotopic (exact) mass is 628 g/mol. The van der Waals surface area contributed by atoms with Crippen LogP contribution in [0, 0.1) is 0 Å². The fraction of sp³-hybridized carbons (Fsp3) is 0.320. The Hall–Kier alpha value is -2.24. The fourth-order valence-corrected chi connectivity index (χ4v) is 5.25. The van der Waals surface area contributed by atoms with Gasteiger partial charge in [0, 0.05) is 17.6 Å². The summed E-state index contributed by atoms with van der Waals surface area (Å²) in [6, 6.07) is 8.71. The number of hydrogen-bond donors (Lipinski definition) is 0. The summed E-state index contributed by atoms with van der Waals surface area (Å²) in [6.45, 7) is 3.95. The lowest BCUT2D eigenvalue weighted by Crippen LogP contribution is -2.46. The second kappa shape index (κ2) is 12.5. The molecule has 8 nitrogen and oxygen atoms in total. The highest BCUT2D eigenvalue weighted by atomic mass is 79.9. The molecule has 0 radical (unpaired) electrons. The highest BCUT2D eigenvalue weighted by Gasteiger charge is 2.37. The van der Waals surface area contributed by atoms with Gasteiger partial charge in [-0.2, -0.15) is 0 Å². The summed E-state index contributed by atoms with van der Waals surface area (Å²) in [5.41, 5.74) is 1.45. The number of amides is 3. The van der Waals surface area contributed by atoms with Crippen LogP contribution in [-0.4, -0.2) is 66.3 Å². The molecule has 2 saturated heterocycles. The maximum Gasteiger partial charge on any atom is 0.294 e. The Kier molecular flexibility index (Phi) is 9.41. The minimum absolute atomic E-state index is 0.215. The van der Waals surface area contributed by atoms with E-state index in [1.165, 1.54) is 0 Å². The van der Waals surface area contributed by atoms with Crippen LogP contribution in [0.2, 0.25) is 10.0 Å². The van der Waals surface area contributed by atoms with Gasteiger partial charge in [-0.05, 0) is 60.2 Å². The smallest absolute Gasteiger partial charge is 0.294 e. The van der Waals surface area contributed by atoms with Gasteiger partial charge in [0.2, 0.25) is 5.91 Å². The molecule has 12 heteroatoms. The molecule has 196 valence electrons. The molecule has 0 bridgehead atoms. The Balaban J connectivity index is 1.50. The lowest BCUT2D eigenvalue weighted by Gasteiger charge is -2.28. The van der Waals surface area contributed by atoms with E-state index in [1.807, 2.05) is 13.0 Å². The third-order valence-electron chi connectivity index (χ3n) is 5.56. The Labute approximate surface area is 236 Å². The summed E-state index contributed by atoms with van der Waals surface area (Å²) in [5.74, 6) is 0.163. The number of morpholine rings is 1. The Morgan fingerprint density at radius 1 is 1.11 bits per heavy atom. The van der Waals surface area contributed by atoms with Crippen molar-refractivity contribution in [3.05, 3.63) is 60.9 Å². The molecule has 0 spiro atoms. The van der Waals surface area contributed by atoms with E-state index >= 15 is 0 Å². The molecule has 2 aromatic rings. The molecule has 0 aliphatic carbocycles. The summed E-state index contributed by atoms with van der Waals surface area (Å²) in [5, 5.41) is 0.410. The molecule has 2 fully saturated rings. The molecule has 3 amide bonds. The van der Waals surface area contributed by atoms with Crippen LogP contribution in [0.15, 0.2) is 39.7 Å². The van der Waals surface area contributed by atoms with Crippen LogP contribution in [0.3, 0.4) is 0 Å². The van der Waals surface area contributed by atoms with Gasteiger partial charge in [0.25, 0.3) is 11.1 Å². The second-order valence-corrected chi connectivity index (χ2v) is 10.7. The predicted octanol–water partition coefficient (Wildman–Crippen LogP) is 5.63. The number of rotatable bonds is 8. The maximum atomic E-state index is 13.0. The maximum absolute atomic E-state index is 13.0. The van der Waals surface area contributed by atoms with Gasteiger partial charge in [0.15, 0.2) is 11.5 Å². The number of carbonyl (C=O) groups excluding carboxylic acids is 3. The first-order valence-corrected chi connectivity index (χ1v) is 13.8. The molecule has 2 aliphatic rings. The van der Waals surface area contributed by atoms with E-state index in [2.05, 4.69) is 15.9 Å². The lowest BCUT2D eigenvalue weighted by molar-refractivity contribution is -0.139. The third kappa shape index (κ3) is 6.80. The zero-order chi connectivity index (χ0) is 26.5. The van der Waals surface area contributed by atoms with Crippen molar-refractivity contribution >= 4 is 74.0 Å². The van der Waals surface area contributed by atoms with E-state index in [0.717, 1.165) is 22.2 Å². The summed E-state index contributed by atoms with van der Waals surface area (Å²) in [6.07, 6.45) is 1.60. The molecule has 0 saturated carbocycles. The summed E-state index contributed by atoms with van der Waals surface area (Å²) < 4.78 is 17.6. The van der Waals surface area contributed by atoms with Crippen molar-refractivity contribution in [3.63, 3.8) is 0 Å². The molecule has 2 aromatic carbocycles. The predicted molar refractivity (Wildman–Crippen MR) is 146 cm³/mol. The molecule has 0 N–H and O–H groups in total. The van der Waals surface area contributed by atoms with E-state index in [-0.39, 0.29) is 24.0 Å². The number of nitrogens with zero attached hydrogens (tertiary/aromatic N) is 2. The highest BCUT2D eigenvalue weighted by Crippen LogP contribution is 2.38. The van der Waals surface area contributed by atoms with Crippen LogP contribution in [-0.2, 0) is 20.9 Å². The first-order chi connectivity index (χ1) is 17.8. The number of thioether (sulfide) groups is 1. The average Bonchev–Trinajstić information content (AvgIpc) is 3.14. The van der Waals surface area contributed by atoms with Crippen molar-refractivity contribution in [1.29, 1.82) is 0 Å². The van der Waals surface area contributed by atoms with Gasteiger partial charge in [-0.25, -0.2) is 0 Å². The van der Waals surface area contributed by atoms with Crippen LogP contribution in [0.5, 0.6) is 11.5 Å². The van der Waals surface area contributed by atoms with Gasteiger partial charge in [0.1, 0.15) is 13.2 Å². The van der Waals surface area contributed by atoms with Gasteiger partial charge in [-0.1, -0.05) is 45.2 Å². The number of imide groups is 1. The van der Waals surface area contributed by atoms with Crippen molar-refractivity contribution < 1.29 is 28.6 Å². The Morgan fingerprint density at radius 3 is 2.54 bits per heavy atom. The number of benzene rings is 2. The van der Waals surface area contributed by atoms with Crippen LogP contribution < -0.4 is 9.47 Å². The zero-order valence-corrected chi connectivity index (χ0v) is 23.7. The summed E-state index contributed by atoms with van der Waals surface area (Å²) in [7, 11) is 0. The SMILES string of the molecule is CCOc1cc(/C=C2/SC(=O)N(CC(=O)N3CCOCC3)C2=O)c(Br)cc1OCc1ccc(Cl)c(Cl)c1. The van der Waals surface area contributed by atoms with Crippen molar-refractivity contribution in [1.82, 2.24) is 9.80 Å². The van der Waals surface area contributed by atoms with Crippen molar-refractivity contribution in [2.45, 2.75) is 13.5 Å². The van der Waals surface area contributed by atoms with Crippen LogP contribution in [0.25, 0.3) is 6.08 Å². The zero-order valence-electron chi connectivity index (χ0n) is 19.8. The third-order valence-corrected chi connectivity index (χ3v) is 7.89. The van der Waals surface area contributed by atoms with E-state index < -0.39 is 11.1 Å². The van der Waals surface area contributed by atoms with Gasteiger partial charge in [-0.15, -0.1) is 0 Å². The Morgan fingerprint density at radius 2 is 1.84 bits per heavy atom. The normalized spacial score (nSPS) is 17.0. The molecule has 2 heterocycles.